The molecule has 3 rings (SSSR count). The van der Waals surface area contributed by atoms with E-state index in [1.165, 1.54) is 0 Å². The van der Waals surface area contributed by atoms with Crippen LogP contribution in [0.1, 0.15) is 44.2 Å². The normalized spacial score (nSPS) is 25.0. The van der Waals surface area contributed by atoms with Crippen LogP contribution >= 0.6 is 0 Å². The molecule has 1 saturated heterocycles. The van der Waals surface area contributed by atoms with E-state index in [2.05, 4.69) is 33.8 Å². The fourth-order valence-corrected chi connectivity index (χ4v) is 5.55. The van der Waals surface area contributed by atoms with E-state index in [0.29, 0.717) is 12.5 Å². The molecule has 1 unspecified atom stereocenters. The molecular formula is C22H36N4O3S. The SMILES string of the molecule is CC1CCC(NS(=O)(=O)CC(=O)NC(CN2CCN(C)CC2)c2ccccc2)CC1. The number of piperazine rings is 1. The van der Waals surface area contributed by atoms with Gasteiger partial charge in [0.1, 0.15) is 5.75 Å². The van der Waals surface area contributed by atoms with Gasteiger partial charge in [-0.2, -0.15) is 0 Å². The Bertz CT molecular complexity index is 771. The second-order valence-corrected chi connectivity index (χ2v) is 10.7. The average Bonchev–Trinajstić information content (AvgIpc) is 2.71. The first-order valence-corrected chi connectivity index (χ1v) is 12.7. The number of rotatable bonds is 8. The number of carbonyl (C=O) groups is 1. The van der Waals surface area contributed by atoms with Gasteiger partial charge in [0.05, 0.1) is 6.04 Å². The smallest absolute Gasteiger partial charge is 0.237 e. The number of benzene rings is 1. The molecule has 1 aromatic rings. The number of carbonyl (C=O) groups excluding carboxylic acids is 1. The van der Waals surface area contributed by atoms with Crippen LogP contribution in [0.4, 0.5) is 0 Å². The highest BCUT2D eigenvalue weighted by Gasteiger charge is 2.27. The first-order valence-electron chi connectivity index (χ1n) is 11.1. The van der Waals surface area contributed by atoms with E-state index in [0.717, 1.165) is 57.4 Å². The highest BCUT2D eigenvalue weighted by Crippen LogP contribution is 2.24. The van der Waals surface area contributed by atoms with Crippen molar-refractivity contribution in [2.75, 3.05) is 45.5 Å². The van der Waals surface area contributed by atoms with Gasteiger partial charge in [-0.25, -0.2) is 13.1 Å². The van der Waals surface area contributed by atoms with Crippen molar-refractivity contribution in [3.63, 3.8) is 0 Å². The first kappa shape index (κ1) is 23.2. The summed E-state index contributed by atoms with van der Waals surface area (Å²) in [5.41, 5.74) is 0.997. The minimum atomic E-state index is -3.65. The van der Waals surface area contributed by atoms with Crippen LogP contribution in [-0.2, 0) is 14.8 Å². The van der Waals surface area contributed by atoms with Gasteiger partial charge in [-0.05, 0) is 44.2 Å². The summed E-state index contributed by atoms with van der Waals surface area (Å²) in [5, 5.41) is 2.98. The maximum Gasteiger partial charge on any atom is 0.237 e. The summed E-state index contributed by atoms with van der Waals surface area (Å²) in [4.78, 5) is 17.3. The molecule has 8 heteroatoms. The maximum absolute atomic E-state index is 12.7. The summed E-state index contributed by atoms with van der Waals surface area (Å²) in [6.07, 6.45) is 3.75. The van der Waals surface area contributed by atoms with E-state index < -0.39 is 21.7 Å². The molecule has 1 heterocycles. The molecule has 1 atom stereocenters. The zero-order valence-corrected chi connectivity index (χ0v) is 19.0. The summed E-state index contributed by atoms with van der Waals surface area (Å²) in [5.74, 6) is -0.324. The van der Waals surface area contributed by atoms with Crippen molar-refractivity contribution in [2.45, 2.75) is 44.7 Å². The molecule has 2 aliphatic rings. The van der Waals surface area contributed by atoms with Crippen molar-refractivity contribution in [1.82, 2.24) is 19.8 Å². The zero-order valence-electron chi connectivity index (χ0n) is 18.2. The summed E-state index contributed by atoms with van der Waals surface area (Å²) in [6, 6.07) is 9.52. The Kier molecular flexibility index (Phi) is 8.27. The molecule has 1 amide bonds. The molecule has 0 spiro atoms. The predicted octanol–water partition coefficient (Wildman–Crippen LogP) is 1.59. The second kappa shape index (κ2) is 10.7. The highest BCUT2D eigenvalue weighted by atomic mass is 32.2. The van der Waals surface area contributed by atoms with E-state index in [-0.39, 0.29) is 12.1 Å². The molecule has 30 heavy (non-hydrogen) atoms. The van der Waals surface area contributed by atoms with Crippen LogP contribution < -0.4 is 10.0 Å². The Balaban J connectivity index is 1.58. The minimum Gasteiger partial charge on any atom is -0.347 e. The van der Waals surface area contributed by atoms with Crippen LogP contribution in [0, 0.1) is 5.92 Å². The van der Waals surface area contributed by atoms with Gasteiger partial charge in [-0.15, -0.1) is 0 Å². The first-order chi connectivity index (χ1) is 14.3. The molecule has 0 aromatic heterocycles. The van der Waals surface area contributed by atoms with Crippen molar-refractivity contribution >= 4 is 15.9 Å². The second-order valence-electron chi connectivity index (χ2n) is 8.97. The Morgan fingerprint density at radius 3 is 2.33 bits per heavy atom. The van der Waals surface area contributed by atoms with E-state index in [1.54, 1.807) is 0 Å². The van der Waals surface area contributed by atoms with E-state index in [4.69, 9.17) is 0 Å². The third-order valence-corrected chi connectivity index (χ3v) is 7.59. The van der Waals surface area contributed by atoms with Crippen molar-refractivity contribution in [1.29, 1.82) is 0 Å². The number of hydrogen-bond acceptors (Lipinski definition) is 5. The van der Waals surface area contributed by atoms with E-state index in [1.807, 2.05) is 30.3 Å². The number of nitrogens with one attached hydrogen (secondary N) is 2. The van der Waals surface area contributed by atoms with Crippen LogP contribution in [0.5, 0.6) is 0 Å². The molecule has 2 fully saturated rings. The molecule has 1 saturated carbocycles. The van der Waals surface area contributed by atoms with Gasteiger partial charge in [-0.3, -0.25) is 9.69 Å². The number of amides is 1. The van der Waals surface area contributed by atoms with Crippen molar-refractivity contribution in [3.8, 4) is 0 Å². The summed E-state index contributed by atoms with van der Waals surface area (Å²) in [6.45, 7) is 6.74. The largest absolute Gasteiger partial charge is 0.347 e. The van der Waals surface area contributed by atoms with Crippen LogP contribution in [0.25, 0.3) is 0 Å². The molecule has 2 N–H and O–H groups in total. The van der Waals surface area contributed by atoms with Gasteiger partial charge in [0, 0.05) is 38.8 Å². The lowest BCUT2D eigenvalue weighted by Crippen LogP contribution is -2.49. The monoisotopic (exact) mass is 436 g/mol. The fraction of sp³-hybridized carbons (Fsp3) is 0.682. The van der Waals surface area contributed by atoms with Gasteiger partial charge < -0.3 is 10.2 Å². The molecule has 0 bridgehead atoms. The van der Waals surface area contributed by atoms with Crippen molar-refractivity contribution in [2.24, 2.45) is 5.92 Å². The lowest BCUT2D eigenvalue weighted by molar-refractivity contribution is -0.119. The Hall–Kier alpha value is -1.48. The number of sulfonamides is 1. The summed E-state index contributed by atoms with van der Waals surface area (Å²) < 4.78 is 27.8. The third kappa shape index (κ3) is 7.34. The molecule has 7 nitrogen and oxygen atoms in total. The third-order valence-electron chi connectivity index (χ3n) is 6.26. The molecule has 1 aliphatic heterocycles. The Morgan fingerprint density at radius 2 is 1.70 bits per heavy atom. The van der Waals surface area contributed by atoms with Gasteiger partial charge >= 0.3 is 0 Å². The quantitative estimate of drug-likeness (QED) is 0.647. The minimum absolute atomic E-state index is 0.0470. The highest BCUT2D eigenvalue weighted by molar-refractivity contribution is 7.90. The lowest BCUT2D eigenvalue weighted by atomic mass is 9.88. The van der Waals surface area contributed by atoms with Gasteiger partial charge in [0.15, 0.2) is 0 Å². The number of nitrogens with zero attached hydrogens (tertiary/aromatic N) is 2. The molecule has 0 radical (unpaired) electrons. The van der Waals surface area contributed by atoms with Gasteiger partial charge in [-0.1, -0.05) is 37.3 Å². The number of likely N-dealkylation sites (N-methyl/N-ethyl adjacent to an activating group) is 1. The van der Waals surface area contributed by atoms with Gasteiger partial charge in [0.25, 0.3) is 0 Å². The van der Waals surface area contributed by atoms with Crippen LogP contribution in [0.15, 0.2) is 30.3 Å². The van der Waals surface area contributed by atoms with Crippen LogP contribution in [0.2, 0.25) is 0 Å². The zero-order chi connectivity index (χ0) is 21.6. The number of hydrogen-bond donors (Lipinski definition) is 2. The van der Waals surface area contributed by atoms with E-state index in [9.17, 15) is 13.2 Å². The molecule has 1 aliphatic carbocycles. The average molecular weight is 437 g/mol. The Morgan fingerprint density at radius 1 is 1.07 bits per heavy atom. The summed E-state index contributed by atoms with van der Waals surface area (Å²) in [7, 11) is -1.54. The lowest BCUT2D eigenvalue weighted by Gasteiger charge is -2.35. The fourth-order valence-electron chi connectivity index (χ4n) is 4.29. The van der Waals surface area contributed by atoms with Crippen molar-refractivity contribution in [3.05, 3.63) is 35.9 Å². The molecule has 168 valence electrons. The molecule has 1 aromatic carbocycles. The Labute approximate surface area is 181 Å². The van der Waals surface area contributed by atoms with Crippen LogP contribution in [-0.4, -0.2) is 75.7 Å². The van der Waals surface area contributed by atoms with Gasteiger partial charge in [0.2, 0.25) is 15.9 Å². The van der Waals surface area contributed by atoms with Crippen LogP contribution in [0.3, 0.4) is 0 Å². The predicted molar refractivity (Wildman–Crippen MR) is 120 cm³/mol. The van der Waals surface area contributed by atoms with E-state index >= 15 is 0 Å². The summed E-state index contributed by atoms with van der Waals surface area (Å²) >= 11 is 0. The topological polar surface area (TPSA) is 81.7 Å². The molecular weight excluding hydrogens is 400 g/mol. The standard InChI is InChI=1S/C22H36N4O3S/c1-18-8-10-20(11-9-18)24-30(28,29)17-22(27)23-21(19-6-4-3-5-7-19)16-26-14-12-25(2)13-15-26/h3-7,18,20-21,24H,8-17H2,1-2H3,(H,23,27). The maximum atomic E-state index is 12.7. The van der Waals surface area contributed by atoms with Crippen molar-refractivity contribution < 1.29 is 13.2 Å².